The summed E-state index contributed by atoms with van der Waals surface area (Å²) in [6.45, 7) is 1.85. The first-order valence-corrected chi connectivity index (χ1v) is 10.6. The predicted octanol–water partition coefficient (Wildman–Crippen LogP) is -0.397. The molecule has 1 aliphatic rings. The van der Waals surface area contributed by atoms with Gasteiger partial charge in [0.05, 0.1) is 6.33 Å². The van der Waals surface area contributed by atoms with Gasteiger partial charge >= 0.3 is 7.82 Å². The molecular formula is C12H18N5O7PS2. The Morgan fingerprint density at radius 1 is 1.44 bits per heavy atom. The molecule has 0 aromatic carbocycles. The Hall–Kier alpha value is -0.960. The molecule has 1 unspecified atom stereocenters. The number of imidazole rings is 1. The van der Waals surface area contributed by atoms with E-state index in [2.05, 4.69) is 31.6 Å². The number of hydrogen-bond acceptors (Lipinski definition) is 11. The average Bonchev–Trinajstić information content (AvgIpc) is 3.14. The molecule has 12 nitrogen and oxygen atoms in total. The van der Waals surface area contributed by atoms with E-state index in [-0.39, 0.29) is 5.82 Å². The van der Waals surface area contributed by atoms with Crippen molar-refractivity contribution >= 4 is 49.5 Å². The molecule has 2 aromatic heterocycles. The van der Waals surface area contributed by atoms with Crippen molar-refractivity contribution in [3.63, 3.8) is 0 Å². The van der Waals surface area contributed by atoms with Crippen molar-refractivity contribution in [2.45, 2.75) is 42.5 Å². The van der Waals surface area contributed by atoms with Crippen LogP contribution in [0, 0.1) is 0 Å². The lowest BCUT2D eigenvalue weighted by molar-refractivity contribution is -0.0306. The highest BCUT2D eigenvalue weighted by Gasteiger charge is 2.47. The van der Waals surface area contributed by atoms with Crippen LogP contribution < -0.4 is 5.73 Å². The third-order valence-electron chi connectivity index (χ3n) is 3.88. The Balaban J connectivity index is 1.87. The van der Waals surface area contributed by atoms with Crippen LogP contribution in [0.2, 0.25) is 0 Å². The zero-order valence-electron chi connectivity index (χ0n) is 13.9. The van der Waals surface area contributed by atoms with Crippen LogP contribution in [0.1, 0.15) is 19.0 Å². The number of fused-ring (bicyclic) bond motifs is 1. The second-order valence-electron chi connectivity index (χ2n) is 5.73. The smallest absolute Gasteiger partial charge is 0.387 e. The molecule has 15 heteroatoms. The molecule has 150 valence electrons. The van der Waals surface area contributed by atoms with E-state index < -0.39 is 36.9 Å². The zero-order valence-corrected chi connectivity index (χ0v) is 16.5. The van der Waals surface area contributed by atoms with Crippen molar-refractivity contribution in [2.75, 3.05) is 5.73 Å². The molecule has 27 heavy (non-hydrogen) atoms. The van der Waals surface area contributed by atoms with Gasteiger partial charge in [0.1, 0.15) is 34.2 Å². The number of thiol groups is 1. The van der Waals surface area contributed by atoms with E-state index in [1.54, 1.807) is 0 Å². The normalized spacial score (nSPS) is 27.3. The number of anilines is 1. The van der Waals surface area contributed by atoms with Crippen molar-refractivity contribution in [3.05, 3.63) is 12.2 Å². The van der Waals surface area contributed by atoms with Gasteiger partial charge in [0.25, 0.3) is 0 Å². The number of aromatic nitrogens is 4. The van der Waals surface area contributed by atoms with Crippen molar-refractivity contribution < 1.29 is 33.3 Å². The lowest BCUT2D eigenvalue weighted by Crippen LogP contribution is -2.35. The van der Waals surface area contributed by atoms with E-state index in [0.717, 1.165) is 0 Å². The molecule has 6 N–H and O–H groups in total. The number of nitrogens with two attached hydrogens (primary N) is 1. The first kappa shape index (κ1) is 20.8. The third kappa shape index (κ3) is 4.23. The highest BCUT2D eigenvalue weighted by atomic mass is 32.2. The number of nitrogens with zero attached hydrogens (tertiary/aromatic N) is 4. The first-order valence-electron chi connectivity index (χ1n) is 7.71. The van der Waals surface area contributed by atoms with Crippen LogP contribution in [-0.2, 0) is 19.7 Å². The summed E-state index contributed by atoms with van der Waals surface area (Å²) in [5.74, 6) is 0.655. The van der Waals surface area contributed by atoms with E-state index >= 15 is 0 Å². The maximum atomic E-state index is 10.8. The molecule has 1 fully saturated rings. The summed E-state index contributed by atoms with van der Waals surface area (Å²) >= 11 is 4.46. The number of phosphoric acid groups is 1. The van der Waals surface area contributed by atoms with Crippen molar-refractivity contribution in [1.82, 2.24) is 19.5 Å². The maximum absolute atomic E-state index is 10.8. The van der Waals surface area contributed by atoms with Gasteiger partial charge in [-0.2, -0.15) is 12.6 Å². The van der Waals surface area contributed by atoms with Crippen molar-refractivity contribution in [1.29, 1.82) is 0 Å². The quantitative estimate of drug-likeness (QED) is 0.148. The maximum Gasteiger partial charge on any atom is 0.480 e. The number of nitrogen functional groups attached to an aromatic ring is 1. The first-order chi connectivity index (χ1) is 12.6. The van der Waals surface area contributed by atoms with Gasteiger partial charge in [-0.25, -0.2) is 23.5 Å². The number of ether oxygens (including phenoxy) is 1. The van der Waals surface area contributed by atoms with Gasteiger partial charge < -0.3 is 30.5 Å². The summed E-state index contributed by atoms with van der Waals surface area (Å²) in [7, 11) is -4.74. The SMILES string of the molecule is CCc1nc(N)c2ncn([C@@H]3O[C@H](C(S)SOP(=O)(O)O)[C@@H](O)[C@H]3O)c2n1. The molecule has 0 spiro atoms. The number of rotatable bonds is 6. The standard InChI is InChI=1S/C12H18N5O7PS2/c1-2-4-15-9(13)5-10(16-4)17(3-14-5)11-7(19)6(18)8(23-11)12(26)27-24-25(20,21)22/h3,6-8,11-12,18-19,26H,2H2,1H3,(H2,13,15,16)(H2,20,21,22)/t6-,7+,8-,11+,12?/m0/s1. The summed E-state index contributed by atoms with van der Waals surface area (Å²) in [5.41, 5.74) is 6.52. The fraction of sp³-hybridized carbons (Fsp3) is 0.583. The molecular weight excluding hydrogens is 421 g/mol. The summed E-state index contributed by atoms with van der Waals surface area (Å²) in [6.07, 6.45) is -3.05. The number of aliphatic hydroxyl groups excluding tert-OH is 2. The fourth-order valence-corrected chi connectivity index (χ4v) is 4.36. The Kier molecular flexibility index (Phi) is 6.01. The molecule has 3 rings (SSSR count). The molecule has 0 radical (unpaired) electrons. The minimum Gasteiger partial charge on any atom is -0.387 e. The molecule has 1 saturated heterocycles. The molecule has 5 atom stereocenters. The highest BCUT2D eigenvalue weighted by Crippen LogP contribution is 2.45. The summed E-state index contributed by atoms with van der Waals surface area (Å²) in [6, 6.07) is 0. The Morgan fingerprint density at radius 3 is 2.78 bits per heavy atom. The molecule has 2 aromatic rings. The molecule has 3 heterocycles. The van der Waals surface area contributed by atoms with Gasteiger partial charge in [-0.15, -0.1) is 0 Å². The monoisotopic (exact) mass is 439 g/mol. The topological polar surface area (TPSA) is 186 Å². The number of hydrogen-bond donors (Lipinski definition) is 6. The molecule has 0 saturated carbocycles. The van der Waals surface area contributed by atoms with Gasteiger partial charge in [0, 0.05) is 18.5 Å². The van der Waals surface area contributed by atoms with Crippen molar-refractivity contribution in [2.24, 2.45) is 0 Å². The van der Waals surface area contributed by atoms with Crippen LogP contribution in [-0.4, -0.2) is 62.4 Å². The summed E-state index contributed by atoms with van der Waals surface area (Å²) in [4.78, 5) is 30.1. The van der Waals surface area contributed by atoms with Crippen LogP contribution in [0.25, 0.3) is 11.2 Å². The van der Waals surface area contributed by atoms with Gasteiger partial charge in [-0.1, -0.05) is 6.92 Å². The van der Waals surface area contributed by atoms with Gasteiger partial charge in [0.15, 0.2) is 17.7 Å². The Bertz CT molecular complexity index is 879. The molecule has 0 amide bonds. The van der Waals surface area contributed by atoms with Crippen LogP contribution >= 0.6 is 32.5 Å². The van der Waals surface area contributed by atoms with E-state index in [4.69, 9.17) is 20.3 Å². The summed E-state index contributed by atoms with van der Waals surface area (Å²) < 4.78 is 21.2. The number of aryl methyl sites for hydroxylation is 1. The molecule has 0 aliphatic carbocycles. The third-order valence-corrected chi connectivity index (χ3v) is 6.02. The zero-order chi connectivity index (χ0) is 19.9. The predicted molar refractivity (Wildman–Crippen MR) is 98.5 cm³/mol. The second kappa shape index (κ2) is 7.81. The molecule has 1 aliphatic heterocycles. The lowest BCUT2D eigenvalue weighted by Gasteiger charge is -2.20. The Labute approximate surface area is 163 Å². The minimum absolute atomic E-state index is 0.179. The van der Waals surface area contributed by atoms with Crippen LogP contribution in [0.5, 0.6) is 0 Å². The fourth-order valence-electron chi connectivity index (χ4n) is 2.64. The van der Waals surface area contributed by atoms with E-state index in [0.29, 0.717) is 35.5 Å². The largest absolute Gasteiger partial charge is 0.480 e. The molecule has 0 bridgehead atoms. The van der Waals surface area contributed by atoms with Crippen LogP contribution in [0.4, 0.5) is 5.82 Å². The van der Waals surface area contributed by atoms with Crippen LogP contribution in [0.15, 0.2) is 6.33 Å². The van der Waals surface area contributed by atoms with Gasteiger partial charge in [-0.05, 0) is 0 Å². The second-order valence-corrected chi connectivity index (χ2v) is 8.91. The van der Waals surface area contributed by atoms with Crippen molar-refractivity contribution in [3.8, 4) is 0 Å². The van der Waals surface area contributed by atoms with E-state index in [1.165, 1.54) is 10.9 Å². The lowest BCUT2D eigenvalue weighted by atomic mass is 10.1. The number of aliphatic hydroxyl groups is 2. The highest BCUT2D eigenvalue weighted by molar-refractivity contribution is 8.09. The minimum atomic E-state index is -4.74. The van der Waals surface area contributed by atoms with Gasteiger partial charge in [-0.3, -0.25) is 4.57 Å². The summed E-state index contributed by atoms with van der Waals surface area (Å²) in [5, 5.41) is 20.7. The van der Waals surface area contributed by atoms with E-state index in [1.807, 2.05) is 6.92 Å². The average molecular weight is 439 g/mol. The van der Waals surface area contributed by atoms with Gasteiger partial charge in [0.2, 0.25) is 0 Å². The Morgan fingerprint density at radius 2 is 2.15 bits per heavy atom. The van der Waals surface area contributed by atoms with Crippen LogP contribution in [0.3, 0.4) is 0 Å². The van der Waals surface area contributed by atoms with E-state index in [9.17, 15) is 14.8 Å².